The third kappa shape index (κ3) is 10.3. The van der Waals surface area contributed by atoms with Crippen molar-refractivity contribution < 1.29 is 21.8 Å². The fourth-order valence-corrected chi connectivity index (χ4v) is 14.9. The molecule has 342 valence electrons. The summed E-state index contributed by atoms with van der Waals surface area (Å²) in [4.78, 5) is 13.0. The first kappa shape index (κ1) is 48.2. The molecule has 0 spiro atoms. The molecule has 6 saturated carbocycles. The van der Waals surface area contributed by atoms with Crippen molar-refractivity contribution >= 4 is 29.0 Å². The van der Waals surface area contributed by atoms with Crippen molar-refractivity contribution in [3.05, 3.63) is 247 Å². The quantitative estimate of drug-likeness (QED) is 0.100. The Morgan fingerprint density at radius 3 is 1.06 bits per heavy atom. The third-order valence-electron chi connectivity index (χ3n) is 15.9. The first-order valence-electron chi connectivity index (χ1n) is 24.2. The van der Waals surface area contributed by atoms with Crippen LogP contribution in [0.2, 0.25) is 0 Å². The van der Waals surface area contributed by atoms with Gasteiger partial charge in [-0.1, -0.05) is 188 Å². The van der Waals surface area contributed by atoms with Crippen molar-refractivity contribution in [3.63, 3.8) is 0 Å². The summed E-state index contributed by atoms with van der Waals surface area (Å²) in [6.45, 7) is 8.73. The van der Waals surface area contributed by atoms with Gasteiger partial charge in [0.15, 0.2) is 0 Å². The summed E-state index contributed by atoms with van der Waals surface area (Å²) < 4.78 is 0. The Morgan fingerprint density at radius 2 is 0.716 bits per heavy atom. The second-order valence-corrected chi connectivity index (χ2v) is 23.1. The Hall–Kier alpha value is -5.22. The smallest absolute Gasteiger partial charge is 0.145 e. The number of fused-ring (bicyclic) bond motifs is 6. The van der Waals surface area contributed by atoms with Gasteiger partial charge in [0, 0.05) is 36.0 Å². The Labute approximate surface area is 411 Å². The number of rotatable bonds is 11. The van der Waals surface area contributed by atoms with Gasteiger partial charge in [0.2, 0.25) is 0 Å². The van der Waals surface area contributed by atoms with Gasteiger partial charge < -0.3 is 27.6 Å². The van der Waals surface area contributed by atoms with E-state index in [1.165, 1.54) is 69.4 Å². The molecule has 13 rings (SSSR count). The molecule has 0 aliphatic heterocycles. The molecule has 6 aliphatic carbocycles. The zero-order valence-electron chi connectivity index (χ0n) is 39.1. The van der Waals surface area contributed by atoms with Gasteiger partial charge in [-0.15, -0.1) is 0 Å². The van der Waals surface area contributed by atoms with Crippen molar-refractivity contribution in [3.8, 4) is 0 Å². The largest absolute Gasteiger partial charge is 1.00 e. The minimum absolute atomic E-state index is 0. The highest BCUT2D eigenvalue weighted by Gasteiger charge is 2.55. The van der Waals surface area contributed by atoms with Crippen LogP contribution in [0.3, 0.4) is 0 Å². The molecule has 6 aliphatic rings. The zero-order chi connectivity index (χ0) is 45.3. The molecule has 5 heteroatoms. The lowest BCUT2D eigenvalue weighted by molar-refractivity contribution is -0.133. The van der Waals surface area contributed by atoms with Gasteiger partial charge in [-0.25, -0.2) is 0 Å². The number of hydrogen-bond donors (Lipinski definition) is 2. The summed E-state index contributed by atoms with van der Waals surface area (Å²) in [6.07, 6.45) is 10.9. The summed E-state index contributed by atoms with van der Waals surface area (Å²) in [6, 6.07) is 75.3. The molecule has 3 nitrogen and oxygen atoms in total. The van der Waals surface area contributed by atoms with E-state index in [4.69, 9.17) is 0 Å². The number of benzene rings is 7. The van der Waals surface area contributed by atoms with Crippen LogP contribution < -0.4 is 43.5 Å². The predicted octanol–water partition coefficient (Wildman–Crippen LogP) is 9.60. The van der Waals surface area contributed by atoms with E-state index in [0.29, 0.717) is 12.2 Å². The number of halogens is 1. The molecule has 4 bridgehead atoms. The Bertz CT molecular complexity index is 2410. The minimum atomic E-state index is -1.53. The molecule has 0 saturated heterocycles. The van der Waals surface area contributed by atoms with Gasteiger partial charge in [0.1, 0.15) is 29.0 Å². The van der Waals surface area contributed by atoms with Crippen molar-refractivity contribution in [2.75, 3.05) is 6.66 Å². The second kappa shape index (κ2) is 21.4. The lowest BCUT2D eigenvalue weighted by Gasteiger charge is -2.55. The van der Waals surface area contributed by atoms with Gasteiger partial charge in [-0.05, 0) is 116 Å². The average Bonchev–Trinajstić information content (AvgIpc) is 3.40. The molecule has 6 fully saturated rings. The van der Waals surface area contributed by atoms with Crippen LogP contribution in [0.4, 0.5) is 0 Å². The van der Waals surface area contributed by atoms with E-state index in [0.717, 1.165) is 45.2 Å². The van der Waals surface area contributed by atoms with Gasteiger partial charge in [0.05, 0.1) is 12.1 Å². The zero-order valence-corrected chi connectivity index (χ0v) is 41.6. The predicted molar refractivity (Wildman–Crippen MR) is 280 cm³/mol. The number of ketones is 1. The summed E-state index contributed by atoms with van der Waals surface area (Å²) in [5.74, 6) is 0.432. The lowest BCUT2D eigenvalue weighted by atomic mass is 9.53. The SMILES string of the molecule is C=C1CC2(NCc3ccccc3)CCC1(c1ccccc1)CC2.C[P+](c1ccccc1)(c1ccccc1)c1ccccc1.O=C1CC2(NCc3ccccc3)CCC1(c1ccccc1)CC2.[Br-]. The molecule has 7 aromatic rings. The van der Waals surface area contributed by atoms with Crippen LogP contribution in [0, 0.1) is 0 Å². The van der Waals surface area contributed by atoms with Crippen LogP contribution in [-0.4, -0.2) is 23.5 Å². The molecular weight excluding hydrogens is 900 g/mol. The molecule has 7 aromatic carbocycles. The Morgan fingerprint density at radius 1 is 0.418 bits per heavy atom. The van der Waals surface area contributed by atoms with Crippen LogP contribution in [0.15, 0.2) is 224 Å². The third-order valence-corrected chi connectivity index (χ3v) is 19.9. The van der Waals surface area contributed by atoms with E-state index in [-0.39, 0.29) is 38.9 Å². The first-order valence-corrected chi connectivity index (χ1v) is 26.4. The number of nitrogens with one attached hydrogen (secondary N) is 2. The molecule has 67 heavy (non-hydrogen) atoms. The summed E-state index contributed by atoms with van der Waals surface area (Å²) in [7, 11) is -1.53. The van der Waals surface area contributed by atoms with Crippen LogP contribution in [0.1, 0.15) is 86.5 Å². The second-order valence-electron chi connectivity index (χ2n) is 19.5. The van der Waals surface area contributed by atoms with E-state index in [9.17, 15) is 4.79 Å². The van der Waals surface area contributed by atoms with E-state index in [1.807, 2.05) is 12.1 Å². The standard InChI is InChI=1S/C22H25N.C21H23NO.C19H18P.BrH/c1-18-16-21(23-17-19-8-4-2-5-9-19)12-14-22(18,15-13-21)20-10-6-3-7-11-20;23-19-15-20(22-16-17-7-3-1-4-8-17)11-13-21(19,14-12-20)18-9-5-2-6-10-18;1-20(17-11-5-2-6-12-17,18-13-7-3-8-14-18)19-15-9-4-10-16-19;/h2-11,23H,1,12-17H2;1-10,22H,11-16H2;2-16H,1H3;1H/q;;+1;/p-1. The fraction of sp³-hybridized carbons (Fsp3) is 0.274. The maximum Gasteiger partial charge on any atom is 0.145 e. The van der Waals surface area contributed by atoms with Crippen molar-refractivity contribution in [1.82, 2.24) is 10.6 Å². The number of Topliss-reactive ketones (excluding diaryl/α,β-unsaturated/α-hetero) is 1. The van der Waals surface area contributed by atoms with Gasteiger partial charge in [-0.2, -0.15) is 0 Å². The van der Waals surface area contributed by atoms with Crippen LogP contribution in [-0.2, 0) is 28.7 Å². The molecule has 0 radical (unpaired) electrons. The van der Waals surface area contributed by atoms with E-state index < -0.39 is 7.26 Å². The van der Waals surface area contributed by atoms with E-state index >= 15 is 0 Å². The van der Waals surface area contributed by atoms with Gasteiger partial charge in [-0.3, -0.25) is 4.79 Å². The Kier molecular flexibility index (Phi) is 15.4. The highest BCUT2D eigenvalue weighted by molar-refractivity contribution is 7.95. The topological polar surface area (TPSA) is 41.1 Å². The van der Waals surface area contributed by atoms with Crippen molar-refractivity contribution in [2.45, 2.75) is 99.2 Å². The van der Waals surface area contributed by atoms with E-state index in [2.05, 4.69) is 224 Å². The molecule has 0 amide bonds. The molecule has 0 unspecified atom stereocenters. The average molecular weight is 966 g/mol. The normalized spacial score (nSPS) is 23.7. The summed E-state index contributed by atoms with van der Waals surface area (Å²) in [5, 5.41) is 11.9. The molecule has 0 atom stereocenters. The van der Waals surface area contributed by atoms with Crippen molar-refractivity contribution in [2.24, 2.45) is 0 Å². The maximum atomic E-state index is 13.0. The van der Waals surface area contributed by atoms with Gasteiger partial charge >= 0.3 is 0 Å². The highest BCUT2D eigenvalue weighted by Crippen LogP contribution is 2.56. The molecular formula is C62H66BrN2OP. The number of hydrogen-bond acceptors (Lipinski definition) is 3. The van der Waals surface area contributed by atoms with Crippen LogP contribution in [0.5, 0.6) is 0 Å². The summed E-state index contributed by atoms with van der Waals surface area (Å²) in [5.41, 5.74) is 7.10. The number of carbonyl (C=O) groups is 1. The van der Waals surface area contributed by atoms with Gasteiger partial charge in [0.25, 0.3) is 0 Å². The molecule has 0 heterocycles. The fourth-order valence-electron chi connectivity index (χ4n) is 11.7. The highest BCUT2D eigenvalue weighted by atomic mass is 79.9. The molecule has 2 N–H and O–H groups in total. The molecule has 0 aromatic heterocycles. The van der Waals surface area contributed by atoms with E-state index in [1.54, 1.807) is 0 Å². The van der Waals surface area contributed by atoms with Crippen LogP contribution >= 0.6 is 7.26 Å². The minimum Gasteiger partial charge on any atom is -1.00 e. The van der Waals surface area contributed by atoms with Crippen LogP contribution in [0.25, 0.3) is 0 Å². The lowest BCUT2D eigenvalue weighted by Crippen LogP contribution is -3.00. The monoisotopic (exact) mass is 964 g/mol. The maximum absolute atomic E-state index is 13.0. The van der Waals surface area contributed by atoms with Crippen molar-refractivity contribution in [1.29, 1.82) is 0 Å². The summed E-state index contributed by atoms with van der Waals surface area (Å²) >= 11 is 0. The first-order chi connectivity index (χ1) is 32.3. The Balaban J connectivity index is 0.000000136. The number of carbonyl (C=O) groups excluding carboxylic acids is 1.